The zero-order valence-corrected chi connectivity index (χ0v) is 14.1. The summed E-state index contributed by atoms with van der Waals surface area (Å²) in [6.07, 6.45) is 13.6. The zero-order valence-electron chi connectivity index (χ0n) is 14.1. The first-order valence-corrected chi connectivity index (χ1v) is 8.82. The molecule has 118 valence electrons. The van der Waals surface area contributed by atoms with Gasteiger partial charge in [-0.15, -0.1) is 6.58 Å². The van der Waals surface area contributed by atoms with Crippen molar-refractivity contribution >= 4 is 0 Å². The van der Waals surface area contributed by atoms with E-state index in [1.54, 1.807) is 5.57 Å². The number of fused-ring (bicyclic) bond motifs is 3. The SMILES string of the molecule is C=C[C@]1(C)CC=C2[C@H](CC[C@H]3[C@](C)(CO)CCC[C@@]23C)C1. The summed E-state index contributed by atoms with van der Waals surface area (Å²) in [7, 11) is 0. The van der Waals surface area contributed by atoms with E-state index in [0.717, 1.165) is 12.3 Å². The monoisotopic (exact) mass is 288 g/mol. The van der Waals surface area contributed by atoms with E-state index in [9.17, 15) is 5.11 Å². The molecule has 1 heteroatoms. The molecule has 0 bridgehead atoms. The Morgan fingerprint density at radius 1 is 1.29 bits per heavy atom. The molecule has 0 aromatic heterocycles. The molecule has 3 aliphatic carbocycles. The fourth-order valence-electron chi connectivity index (χ4n) is 5.94. The quantitative estimate of drug-likeness (QED) is 0.700. The largest absolute Gasteiger partial charge is 0.396 e. The number of aliphatic hydroxyl groups is 1. The van der Waals surface area contributed by atoms with E-state index >= 15 is 0 Å². The molecule has 1 N–H and O–H groups in total. The number of hydrogen-bond donors (Lipinski definition) is 1. The zero-order chi connectivity index (χ0) is 15.3. The van der Waals surface area contributed by atoms with Crippen LogP contribution in [-0.4, -0.2) is 11.7 Å². The van der Waals surface area contributed by atoms with Gasteiger partial charge in [0, 0.05) is 6.61 Å². The van der Waals surface area contributed by atoms with Gasteiger partial charge < -0.3 is 5.11 Å². The molecule has 0 amide bonds. The molecule has 3 rings (SSSR count). The molecule has 0 spiro atoms. The third kappa shape index (κ3) is 2.23. The van der Waals surface area contributed by atoms with Gasteiger partial charge in [0.25, 0.3) is 0 Å². The van der Waals surface area contributed by atoms with Crippen molar-refractivity contribution in [3.05, 3.63) is 24.3 Å². The Morgan fingerprint density at radius 2 is 2.05 bits per heavy atom. The van der Waals surface area contributed by atoms with E-state index < -0.39 is 0 Å². The molecular formula is C20H32O. The van der Waals surface area contributed by atoms with Gasteiger partial charge in [-0.05, 0) is 66.6 Å². The third-order valence-electron chi connectivity index (χ3n) is 7.31. The van der Waals surface area contributed by atoms with Crippen LogP contribution in [0.5, 0.6) is 0 Å². The van der Waals surface area contributed by atoms with Crippen LogP contribution in [0.2, 0.25) is 0 Å². The van der Waals surface area contributed by atoms with Gasteiger partial charge >= 0.3 is 0 Å². The highest BCUT2D eigenvalue weighted by Gasteiger charge is 2.54. The molecule has 1 nitrogen and oxygen atoms in total. The van der Waals surface area contributed by atoms with Gasteiger partial charge in [0.1, 0.15) is 0 Å². The molecule has 0 aliphatic heterocycles. The first-order valence-electron chi connectivity index (χ1n) is 8.82. The van der Waals surface area contributed by atoms with Crippen molar-refractivity contribution in [2.75, 3.05) is 6.61 Å². The molecular weight excluding hydrogens is 256 g/mol. The second kappa shape index (κ2) is 4.98. The fourth-order valence-corrected chi connectivity index (χ4v) is 5.94. The van der Waals surface area contributed by atoms with E-state index in [0.29, 0.717) is 23.4 Å². The van der Waals surface area contributed by atoms with Crippen LogP contribution in [0.4, 0.5) is 0 Å². The minimum atomic E-state index is 0.137. The van der Waals surface area contributed by atoms with Crippen LogP contribution in [-0.2, 0) is 0 Å². The Labute approximate surface area is 130 Å². The van der Waals surface area contributed by atoms with Gasteiger partial charge in [-0.2, -0.15) is 0 Å². The van der Waals surface area contributed by atoms with E-state index in [-0.39, 0.29) is 5.41 Å². The smallest absolute Gasteiger partial charge is 0.0487 e. The van der Waals surface area contributed by atoms with E-state index in [1.807, 2.05) is 0 Å². The van der Waals surface area contributed by atoms with Crippen molar-refractivity contribution < 1.29 is 5.11 Å². The van der Waals surface area contributed by atoms with Crippen LogP contribution in [0.25, 0.3) is 0 Å². The summed E-state index contributed by atoms with van der Waals surface area (Å²) >= 11 is 0. The molecule has 2 saturated carbocycles. The average Bonchev–Trinajstić information content (AvgIpc) is 2.46. The fraction of sp³-hybridized carbons (Fsp3) is 0.800. The number of rotatable bonds is 2. The van der Waals surface area contributed by atoms with Gasteiger partial charge in [0.2, 0.25) is 0 Å². The second-order valence-corrected chi connectivity index (χ2v) is 8.84. The van der Waals surface area contributed by atoms with Crippen LogP contribution in [0.1, 0.15) is 65.7 Å². The number of allylic oxidation sites excluding steroid dienone is 3. The molecule has 3 aliphatic rings. The normalized spacial score (nSPS) is 49.8. The maximum Gasteiger partial charge on any atom is 0.0487 e. The maximum absolute atomic E-state index is 9.99. The molecule has 5 atom stereocenters. The molecule has 2 fully saturated rings. The van der Waals surface area contributed by atoms with Crippen molar-refractivity contribution in [1.29, 1.82) is 0 Å². The number of hydrogen-bond acceptors (Lipinski definition) is 1. The summed E-state index contributed by atoms with van der Waals surface area (Å²) in [5.74, 6) is 1.42. The maximum atomic E-state index is 9.99. The van der Waals surface area contributed by atoms with Crippen molar-refractivity contribution in [3.8, 4) is 0 Å². The summed E-state index contributed by atoms with van der Waals surface area (Å²) in [5, 5.41) is 9.99. The molecule has 0 radical (unpaired) electrons. The standard InChI is InChI=1S/C20H32O/c1-5-18(2)12-9-16-15(13-18)7-8-17-19(3,14-21)10-6-11-20(16,17)4/h5,9,15,17,21H,1,6-8,10-14H2,2-4H3/t15-,17+,18-,19+,20+/m1/s1. The predicted octanol–water partition coefficient (Wildman–Crippen LogP) is 5.11. The van der Waals surface area contributed by atoms with Crippen molar-refractivity contribution in [3.63, 3.8) is 0 Å². The summed E-state index contributed by atoms with van der Waals surface area (Å²) in [5.41, 5.74) is 2.50. The molecule has 0 saturated heterocycles. The van der Waals surface area contributed by atoms with Crippen LogP contribution in [0.15, 0.2) is 24.3 Å². The van der Waals surface area contributed by atoms with Gasteiger partial charge in [0.05, 0.1) is 0 Å². The minimum absolute atomic E-state index is 0.137. The second-order valence-electron chi connectivity index (χ2n) is 8.84. The minimum Gasteiger partial charge on any atom is -0.396 e. The van der Waals surface area contributed by atoms with Crippen LogP contribution >= 0.6 is 0 Å². The topological polar surface area (TPSA) is 20.2 Å². The highest BCUT2D eigenvalue weighted by Crippen LogP contribution is 2.63. The Hall–Kier alpha value is -0.560. The predicted molar refractivity (Wildman–Crippen MR) is 89.0 cm³/mol. The lowest BCUT2D eigenvalue weighted by atomic mass is 9.46. The van der Waals surface area contributed by atoms with Crippen molar-refractivity contribution in [2.24, 2.45) is 28.1 Å². The molecule has 0 aromatic rings. The van der Waals surface area contributed by atoms with Crippen molar-refractivity contribution in [2.45, 2.75) is 65.7 Å². The Bertz CT molecular complexity index is 464. The first kappa shape index (κ1) is 15.3. The van der Waals surface area contributed by atoms with E-state index in [4.69, 9.17) is 0 Å². The first-order chi connectivity index (χ1) is 9.87. The van der Waals surface area contributed by atoms with Crippen molar-refractivity contribution in [1.82, 2.24) is 0 Å². The number of aliphatic hydroxyl groups excluding tert-OH is 1. The van der Waals surface area contributed by atoms with Gasteiger partial charge in [0.15, 0.2) is 0 Å². The highest BCUT2D eigenvalue weighted by atomic mass is 16.3. The van der Waals surface area contributed by atoms with Crippen LogP contribution < -0.4 is 0 Å². The van der Waals surface area contributed by atoms with E-state index in [1.165, 1.54) is 38.5 Å². The lowest BCUT2D eigenvalue weighted by Crippen LogP contribution is -2.51. The molecule has 21 heavy (non-hydrogen) atoms. The van der Waals surface area contributed by atoms with Gasteiger partial charge in [-0.3, -0.25) is 0 Å². The molecule has 0 aromatic carbocycles. The van der Waals surface area contributed by atoms with Gasteiger partial charge in [-0.25, -0.2) is 0 Å². The van der Waals surface area contributed by atoms with Crippen LogP contribution in [0.3, 0.4) is 0 Å². The van der Waals surface area contributed by atoms with E-state index in [2.05, 4.69) is 39.5 Å². The third-order valence-corrected chi connectivity index (χ3v) is 7.31. The molecule has 0 heterocycles. The lowest BCUT2D eigenvalue weighted by molar-refractivity contribution is -0.0558. The highest BCUT2D eigenvalue weighted by molar-refractivity contribution is 5.28. The van der Waals surface area contributed by atoms with Crippen LogP contribution in [0, 0.1) is 28.1 Å². The summed E-state index contributed by atoms with van der Waals surface area (Å²) in [4.78, 5) is 0. The summed E-state index contributed by atoms with van der Waals surface area (Å²) in [6, 6.07) is 0. The lowest BCUT2D eigenvalue weighted by Gasteiger charge is -2.59. The molecule has 0 unspecified atom stereocenters. The van der Waals surface area contributed by atoms with Gasteiger partial charge in [-0.1, -0.05) is 44.9 Å². The Balaban J connectivity index is 1.96. The Morgan fingerprint density at radius 3 is 2.71 bits per heavy atom. The Kier molecular flexibility index (Phi) is 3.64. The summed E-state index contributed by atoms with van der Waals surface area (Å²) in [6.45, 7) is 11.6. The summed E-state index contributed by atoms with van der Waals surface area (Å²) < 4.78 is 0. The average molecular weight is 288 g/mol.